The third-order valence-electron chi connectivity index (χ3n) is 5.21. The molecule has 9 heteroatoms. The zero-order valence-electron chi connectivity index (χ0n) is 19.7. The maximum atomic E-state index is 12.1. The van der Waals surface area contributed by atoms with Crippen LogP contribution >= 0.6 is 11.8 Å². The van der Waals surface area contributed by atoms with Gasteiger partial charge in [0.05, 0.1) is 25.2 Å². The van der Waals surface area contributed by atoms with E-state index >= 15 is 0 Å². The van der Waals surface area contributed by atoms with Crippen LogP contribution in [-0.2, 0) is 28.4 Å². The maximum absolute atomic E-state index is 12.1. The van der Waals surface area contributed by atoms with E-state index in [4.69, 9.17) is 18.6 Å². The highest BCUT2D eigenvalue weighted by Crippen LogP contribution is 2.30. The molecule has 0 unspecified atom stereocenters. The molecule has 8 nitrogen and oxygen atoms in total. The number of hydrogen-bond acceptors (Lipinski definition) is 8. The molecule has 0 aliphatic rings. The van der Waals surface area contributed by atoms with Gasteiger partial charge in [0.25, 0.3) is 0 Å². The van der Waals surface area contributed by atoms with Crippen LogP contribution in [0.25, 0.3) is 11.1 Å². The first kappa shape index (κ1) is 24.6. The number of carbonyl (C=O) groups excluding carboxylic acids is 1. The van der Waals surface area contributed by atoms with Gasteiger partial charge in [0, 0.05) is 19.2 Å². The van der Waals surface area contributed by atoms with E-state index in [0.717, 1.165) is 16.9 Å². The zero-order chi connectivity index (χ0) is 24.5. The minimum absolute atomic E-state index is 0.246. The SMILES string of the molecule is CCOC(=O)c1ccoc1CSc1nnc(COc2ccccc2-c2ccccc2)n1CCOC. The van der Waals surface area contributed by atoms with Crippen LogP contribution < -0.4 is 4.74 Å². The van der Waals surface area contributed by atoms with E-state index in [1.807, 2.05) is 47.0 Å². The molecule has 0 radical (unpaired) electrons. The van der Waals surface area contributed by atoms with Crippen LogP contribution in [0.2, 0.25) is 0 Å². The first-order valence-corrected chi connectivity index (χ1v) is 12.2. The molecule has 4 rings (SSSR count). The Labute approximate surface area is 208 Å². The summed E-state index contributed by atoms with van der Waals surface area (Å²) >= 11 is 1.42. The lowest BCUT2D eigenvalue weighted by molar-refractivity contribution is 0.0524. The van der Waals surface area contributed by atoms with Crippen LogP contribution in [-0.4, -0.2) is 41.1 Å². The molecule has 0 saturated heterocycles. The van der Waals surface area contributed by atoms with E-state index in [0.29, 0.717) is 47.8 Å². The van der Waals surface area contributed by atoms with Gasteiger partial charge >= 0.3 is 5.97 Å². The van der Waals surface area contributed by atoms with E-state index in [-0.39, 0.29) is 6.61 Å². The van der Waals surface area contributed by atoms with Gasteiger partial charge in [-0.3, -0.25) is 0 Å². The molecule has 0 atom stereocenters. The molecular weight excluding hydrogens is 466 g/mol. The summed E-state index contributed by atoms with van der Waals surface area (Å²) < 4.78 is 24.1. The number of ether oxygens (including phenoxy) is 3. The predicted molar refractivity (Wildman–Crippen MR) is 132 cm³/mol. The van der Waals surface area contributed by atoms with Gasteiger partial charge in [-0.1, -0.05) is 60.3 Å². The normalized spacial score (nSPS) is 10.9. The Morgan fingerprint density at radius 3 is 2.66 bits per heavy atom. The van der Waals surface area contributed by atoms with E-state index in [1.54, 1.807) is 20.1 Å². The van der Waals surface area contributed by atoms with E-state index in [9.17, 15) is 4.79 Å². The van der Waals surface area contributed by atoms with Crippen molar-refractivity contribution in [1.82, 2.24) is 14.8 Å². The minimum atomic E-state index is -0.399. The standard InChI is InChI=1S/C26H27N3O5S/c1-3-32-25(30)21-13-15-33-23(21)18-35-26-28-27-24(29(26)14-16-31-2)17-34-22-12-8-7-11-20(22)19-9-5-4-6-10-19/h4-13,15H,3,14,16-18H2,1-2H3. The Balaban J connectivity index is 1.49. The number of methoxy groups -OCH3 is 1. The average molecular weight is 494 g/mol. The monoisotopic (exact) mass is 493 g/mol. The van der Waals surface area contributed by atoms with Gasteiger partial charge in [-0.25, -0.2) is 4.79 Å². The molecule has 0 spiro atoms. The Kier molecular flexibility index (Phi) is 8.58. The lowest BCUT2D eigenvalue weighted by atomic mass is 10.1. The summed E-state index contributed by atoms with van der Waals surface area (Å²) in [6.07, 6.45) is 1.49. The highest BCUT2D eigenvalue weighted by molar-refractivity contribution is 7.98. The summed E-state index contributed by atoms with van der Waals surface area (Å²) in [6, 6.07) is 19.6. The van der Waals surface area contributed by atoms with Crippen molar-refractivity contribution in [3.8, 4) is 16.9 Å². The second kappa shape index (κ2) is 12.2. The number of carbonyl (C=O) groups is 1. The summed E-state index contributed by atoms with van der Waals surface area (Å²) in [5.41, 5.74) is 2.51. The molecule has 0 aliphatic carbocycles. The van der Waals surface area contributed by atoms with Gasteiger partial charge in [0.2, 0.25) is 0 Å². The van der Waals surface area contributed by atoms with Crippen molar-refractivity contribution in [2.24, 2.45) is 0 Å². The van der Waals surface area contributed by atoms with Crippen LogP contribution in [0.3, 0.4) is 0 Å². The largest absolute Gasteiger partial charge is 0.485 e. The van der Waals surface area contributed by atoms with Gasteiger partial charge in [0.15, 0.2) is 11.0 Å². The maximum Gasteiger partial charge on any atom is 0.341 e. The minimum Gasteiger partial charge on any atom is -0.485 e. The lowest BCUT2D eigenvalue weighted by Gasteiger charge is -2.13. The van der Waals surface area contributed by atoms with Gasteiger partial charge in [0.1, 0.15) is 23.7 Å². The summed E-state index contributed by atoms with van der Waals surface area (Å²) in [5.74, 6) is 1.98. The lowest BCUT2D eigenvalue weighted by Crippen LogP contribution is -2.12. The zero-order valence-corrected chi connectivity index (χ0v) is 20.5. The number of furan rings is 1. The van der Waals surface area contributed by atoms with E-state index < -0.39 is 5.97 Å². The number of thioether (sulfide) groups is 1. The first-order chi connectivity index (χ1) is 17.2. The predicted octanol–water partition coefficient (Wildman–Crippen LogP) is 5.23. The van der Waals surface area contributed by atoms with Crippen LogP contribution in [0.4, 0.5) is 0 Å². The quantitative estimate of drug-likeness (QED) is 0.196. The third kappa shape index (κ3) is 6.12. The molecule has 0 aliphatic heterocycles. The van der Waals surface area contributed by atoms with Crippen LogP contribution in [0.15, 0.2) is 76.5 Å². The van der Waals surface area contributed by atoms with Crippen molar-refractivity contribution < 1.29 is 23.4 Å². The second-order valence-corrected chi connectivity index (χ2v) is 8.40. The molecule has 2 aromatic heterocycles. The van der Waals surface area contributed by atoms with E-state index in [2.05, 4.69) is 22.3 Å². The molecule has 0 N–H and O–H groups in total. The number of benzene rings is 2. The Morgan fingerprint density at radius 2 is 1.86 bits per heavy atom. The van der Waals surface area contributed by atoms with Crippen molar-refractivity contribution in [2.45, 2.75) is 31.0 Å². The summed E-state index contributed by atoms with van der Waals surface area (Å²) in [6.45, 7) is 3.38. The third-order valence-corrected chi connectivity index (χ3v) is 6.18. The van der Waals surface area contributed by atoms with Crippen molar-refractivity contribution in [3.05, 3.63) is 84.1 Å². The molecule has 4 aromatic rings. The molecule has 2 heterocycles. The van der Waals surface area contributed by atoms with Gasteiger partial charge < -0.3 is 23.2 Å². The fraction of sp³-hybridized carbons (Fsp3) is 0.269. The molecule has 0 saturated carbocycles. The molecule has 35 heavy (non-hydrogen) atoms. The van der Waals surface area contributed by atoms with Gasteiger partial charge in [-0.05, 0) is 24.6 Å². The van der Waals surface area contributed by atoms with Crippen LogP contribution in [0.5, 0.6) is 5.75 Å². The molecule has 182 valence electrons. The number of hydrogen-bond donors (Lipinski definition) is 0. The number of aromatic nitrogens is 3. The molecule has 0 fully saturated rings. The van der Waals surface area contributed by atoms with Crippen molar-refractivity contribution in [1.29, 1.82) is 0 Å². The highest BCUT2D eigenvalue weighted by atomic mass is 32.2. The topological polar surface area (TPSA) is 88.6 Å². The second-order valence-electron chi connectivity index (χ2n) is 7.46. The molecular formula is C26H27N3O5S. The number of rotatable bonds is 12. The van der Waals surface area contributed by atoms with Crippen LogP contribution in [0, 0.1) is 0 Å². The smallest absolute Gasteiger partial charge is 0.341 e. The molecule has 0 bridgehead atoms. The molecule has 0 amide bonds. The van der Waals surface area contributed by atoms with Gasteiger partial charge in [-0.15, -0.1) is 10.2 Å². The highest BCUT2D eigenvalue weighted by Gasteiger charge is 2.19. The number of nitrogens with zero attached hydrogens (tertiary/aromatic N) is 3. The first-order valence-electron chi connectivity index (χ1n) is 11.3. The Hall–Kier alpha value is -3.56. The summed E-state index contributed by atoms with van der Waals surface area (Å²) in [7, 11) is 1.65. The summed E-state index contributed by atoms with van der Waals surface area (Å²) in [5, 5.41) is 9.40. The molecule has 2 aromatic carbocycles. The average Bonchev–Trinajstić information content (AvgIpc) is 3.52. The fourth-order valence-electron chi connectivity index (χ4n) is 3.50. The number of esters is 1. The Bertz CT molecular complexity index is 1240. The van der Waals surface area contributed by atoms with Crippen molar-refractivity contribution in [2.75, 3.05) is 20.3 Å². The van der Waals surface area contributed by atoms with Crippen LogP contribution in [0.1, 0.15) is 28.9 Å². The van der Waals surface area contributed by atoms with Crippen molar-refractivity contribution in [3.63, 3.8) is 0 Å². The van der Waals surface area contributed by atoms with Gasteiger partial charge in [-0.2, -0.15) is 0 Å². The number of para-hydroxylation sites is 1. The fourth-order valence-corrected chi connectivity index (χ4v) is 4.44. The summed E-state index contributed by atoms with van der Waals surface area (Å²) in [4.78, 5) is 12.1. The van der Waals surface area contributed by atoms with Crippen molar-refractivity contribution >= 4 is 17.7 Å². The Morgan fingerprint density at radius 1 is 1.06 bits per heavy atom. The van der Waals surface area contributed by atoms with E-state index in [1.165, 1.54) is 18.0 Å².